The second kappa shape index (κ2) is 9.51. The fourth-order valence-corrected chi connectivity index (χ4v) is 2.99. The molecule has 0 aliphatic heterocycles. The van der Waals surface area contributed by atoms with Crippen molar-refractivity contribution in [2.24, 2.45) is 0 Å². The van der Waals surface area contributed by atoms with Crippen LogP contribution < -0.4 is 10.6 Å². The summed E-state index contributed by atoms with van der Waals surface area (Å²) in [6, 6.07) is 25.6. The molecule has 3 aromatic carbocycles. The Bertz CT molecular complexity index is 991. The van der Waals surface area contributed by atoms with Crippen molar-refractivity contribution >= 4 is 23.6 Å². The van der Waals surface area contributed by atoms with Gasteiger partial charge in [0.1, 0.15) is 0 Å². The average molecular weight is 384 g/mol. The normalized spacial score (nSPS) is 11.8. The number of carbonyl (C=O) groups excluding carboxylic acids is 2. The highest BCUT2D eigenvalue weighted by Crippen LogP contribution is 2.21. The van der Waals surface area contributed by atoms with E-state index in [1.807, 2.05) is 49.4 Å². The second-order valence-corrected chi connectivity index (χ2v) is 6.85. The van der Waals surface area contributed by atoms with Crippen LogP contribution in [0.2, 0.25) is 0 Å². The van der Waals surface area contributed by atoms with Crippen molar-refractivity contribution in [3.05, 3.63) is 96.1 Å². The standard InChI is InChI=1S/C25H24N2O2/c1-18(21-11-13-23(14-12-21)22-6-4-3-5-7-22)26-25(29)17-10-20-8-15-24(16-9-20)27-19(2)28/h3-18H,1-2H3,(H,26,29)(H,27,28)/b17-10+. The minimum Gasteiger partial charge on any atom is -0.346 e. The van der Waals surface area contributed by atoms with Crippen LogP contribution in [0.3, 0.4) is 0 Å². The zero-order valence-electron chi connectivity index (χ0n) is 16.6. The van der Waals surface area contributed by atoms with Gasteiger partial charge in [-0.15, -0.1) is 0 Å². The Morgan fingerprint density at radius 3 is 2.07 bits per heavy atom. The van der Waals surface area contributed by atoms with E-state index in [1.165, 1.54) is 18.6 Å². The summed E-state index contributed by atoms with van der Waals surface area (Å²) < 4.78 is 0. The monoisotopic (exact) mass is 384 g/mol. The third-order valence-electron chi connectivity index (χ3n) is 4.53. The van der Waals surface area contributed by atoms with Gasteiger partial charge in [0.25, 0.3) is 0 Å². The van der Waals surface area contributed by atoms with Gasteiger partial charge in [-0.25, -0.2) is 0 Å². The fraction of sp³-hybridized carbons (Fsp3) is 0.120. The van der Waals surface area contributed by atoms with E-state index in [0.717, 1.165) is 22.4 Å². The summed E-state index contributed by atoms with van der Waals surface area (Å²) in [5, 5.41) is 5.69. The quantitative estimate of drug-likeness (QED) is 0.574. The van der Waals surface area contributed by atoms with Crippen LogP contribution in [0.25, 0.3) is 17.2 Å². The number of hydrogen-bond donors (Lipinski definition) is 2. The van der Waals surface area contributed by atoms with Gasteiger partial charge in [0.15, 0.2) is 0 Å². The molecule has 3 aromatic rings. The largest absolute Gasteiger partial charge is 0.346 e. The molecule has 1 atom stereocenters. The number of amides is 2. The minimum atomic E-state index is -0.157. The summed E-state index contributed by atoms with van der Waals surface area (Å²) >= 11 is 0. The van der Waals surface area contributed by atoms with Crippen LogP contribution in [-0.4, -0.2) is 11.8 Å². The van der Waals surface area contributed by atoms with Gasteiger partial charge in [-0.05, 0) is 47.4 Å². The van der Waals surface area contributed by atoms with Crippen LogP contribution >= 0.6 is 0 Å². The maximum absolute atomic E-state index is 12.2. The van der Waals surface area contributed by atoms with Crippen molar-refractivity contribution in [2.75, 3.05) is 5.32 Å². The van der Waals surface area contributed by atoms with Crippen molar-refractivity contribution in [2.45, 2.75) is 19.9 Å². The molecular formula is C25H24N2O2. The first-order valence-corrected chi connectivity index (χ1v) is 9.53. The highest BCUT2D eigenvalue weighted by molar-refractivity contribution is 5.92. The van der Waals surface area contributed by atoms with Gasteiger partial charge in [-0.3, -0.25) is 9.59 Å². The lowest BCUT2D eigenvalue weighted by Gasteiger charge is -2.13. The molecule has 0 aliphatic rings. The molecule has 4 heteroatoms. The summed E-state index contributed by atoms with van der Waals surface area (Å²) in [5.74, 6) is -0.269. The van der Waals surface area contributed by atoms with E-state index < -0.39 is 0 Å². The molecule has 0 fully saturated rings. The van der Waals surface area contributed by atoms with Crippen LogP contribution in [-0.2, 0) is 9.59 Å². The van der Waals surface area contributed by atoms with Crippen LogP contribution in [0, 0.1) is 0 Å². The van der Waals surface area contributed by atoms with E-state index in [4.69, 9.17) is 0 Å². The SMILES string of the molecule is CC(=O)Nc1ccc(/C=C/C(=O)NC(C)c2ccc(-c3ccccc3)cc2)cc1. The van der Waals surface area contributed by atoms with Crippen LogP contribution in [0.1, 0.15) is 31.0 Å². The van der Waals surface area contributed by atoms with Crippen LogP contribution in [0.4, 0.5) is 5.69 Å². The van der Waals surface area contributed by atoms with Gasteiger partial charge in [-0.1, -0.05) is 66.7 Å². The lowest BCUT2D eigenvalue weighted by Crippen LogP contribution is -2.24. The molecular weight excluding hydrogens is 360 g/mol. The van der Waals surface area contributed by atoms with Crippen molar-refractivity contribution < 1.29 is 9.59 Å². The van der Waals surface area contributed by atoms with E-state index in [9.17, 15) is 9.59 Å². The Balaban J connectivity index is 1.57. The maximum Gasteiger partial charge on any atom is 0.244 e. The van der Waals surface area contributed by atoms with Gasteiger partial charge < -0.3 is 10.6 Å². The molecule has 0 aliphatic carbocycles. The van der Waals surface area contributed by atoms with Gasteiger partial charge in [0, 0.05) is 18.7 Å². The number of benzene rings is 3. The first kappa shape index (κ1) is 20.1. The minimum absolute atomic E-state index is 0.0980. The van der Waals surface area contributed by atoms with Crippen LogP contribution in [0.15, 0.2) is 84.9 Å². The number of hydrogen-bond acceptors (Lipinski definition) is 2. The van der Waals surface area contributed by atoms with E-state index in [-0.39, 0.29) is 17.9 Å². The first-order chi connectivity index (χ1) is 14.0. The first-order valence-electron chi connectivity index (χ1n) is 9.53. The molecule has 1 unspecified atom stereocenters. The Hall–Kier alpha value is -3.66. The van der Waals surface area contributed by atoms with Gasteiger partial charge in [0.2, 0.25) is 11.8 Å². The van der Waals surface area contributed by atoms with E-state index in [2.05, 4.69) is 34.9 Å². The lowest BCUT2D eigenvalue weighted by molar-refractivity contribution is -0.117. The molecule has 3 rings (SSSR count). The van der Waals surface area contributed by atoms with E-state index in [1.54, 1.807) is 18.2 Å². The molecule has 0 saturated heterocycles. The molecule has 146 valence electrons. The molecule has 29 heavy (non-hydrogen) atoms. The number of rotatable bonds is 6. The zero-order valence-corrected chi connectivity index (χ0v) is 16.6. The molecule has 2 amide bonds. The number of carbonyl (C=O) groups is 2. The van der Waals surface area contributed by atoms with Crippen molar-refractivity contribution in [1.29, 1.82) is 0 Å². The highest BCUT2D eigenvalue weighted by atomic mass is 16.2. The predicted octanol–water partition coefficient (Wildman–Crippen LogP) is 5.20. The Morgan fingerprint density at radius 1 is 0.828 bits per heavy atom. The van der Waals surface area contributed by atoms with E-state index in [0.29, 0.717) is 0 Å². The Kier molecular flexibility index (Phi) is 6.59. The molecule has 0 saturated carbocycles. The molecule has 0 spiro atoms. The third-order valence-corrected chi connectivity index (χ3v) is 4.53. The topological polar surface area (TPSA) is 58.2 Å². The fourth-order valence-electron chi connectivity index (χ4n) is 2.99. The third kappa shape index (κ3) is 5.91. The molecule has 0 radical (unpaired) electrons. The van der Waals surface area contributed by atoms with Gasteiger partial charge in [-0.2, -0.15) is 0 Å². The summed E-state index contributed by atoms with van der Waals surface area (Å²) in [7, 11) is 0. The Morgan fingerprint density at radius 2 is 1.45 bits per heavy atom. The molecule has 4 nitrogen and oxygen atoms in total. The van der Waals surface area contributed by atoms with Crippen molar-refractivity contribution in [3.63, 3.8) is 0 Å². The molecule has 0 bridgehead atoms. The predicted molar refractivity (Wildman–Crippen MR) is 118 cm³/mol. The van der Waals surface area contributed by atoms with Crippen molar-refractivity contribution in [1.82, 2.24) is 5.32 Å². The highest BCUT2D eigenvalue weighted by Gasteiger charge is 2.08. The smallest absolute Gasteiger partial charge is 0.244 e. The van der Waals surface area contributed by atoms with Gasteiger partial charge >= 0.3 is 0 Å². The summed E-state index contributed by atoms with van der Waals surface area (Å²) in [6.45, 7) is 3.43. The molecule has 0 heterocycles. The zero-order chi connectivity index (χ0) is 20.6. The summed E-state index contributed by atoms with van der Waals surface area (Å²) in [6.07, 6.45) is 3.26. The second-order valence-electron chi connectivity index (χ2n) is 6.85. The number of anilines is 1. The van der Waals surface area contributed by atoms with Gasteiger partial charge in [0.05, 0.1) is 6.04 Å². The summed E-state index contributed by atoms with van der Waals surface area (Å²) in [4.78, 5) is 23.3. The average Bonchev–Trinajstić information content (AvgIpc) is 2.73. The maximum atomic E-state index is 12.2. The van der Waals surface area contributed by atoms with Crippen LogP contribution in [0.5, 0.6) is 0 Å². The number of nitrogens with one attached hydrogen (secondary N) is 2. The molecule has 2 N–H and O–H groups in total. The molecule has 0 aromatic heterocycles. The summed E-state index contributed by atoms with van der Waals surface area (Å²) in [5.41, 5.74) is 4.98. The Labute approximate surface area is 171 Å². The van der Waals surface area contributed by atoms with E-state index >= 15 is 0 Å². The lowest BCUT2D eigenvalue weighted by atomic mass is 10.0. The van der Waals surface area contributed by atoms with Crippen molar-refractivity contribution in [3.8, 4) is 11.1 Å².